The maximum atomic E-state index is 10.5. The molecule has 0 unspecified atom stereocenters. The highest BCUT2D eigenvalue weighted by Crippen LogP contribution is 2.30. The van der Waals surface area contributed by atoms with Crippen LogP contribution in [-0.2, 0) is 0 Å². The molecule has 0 atom stereocenters. The second kappa shape index (κ2) is 28.0. The quantitative estimate of drug-likeness (QED) is 0.117. The molecule has 0 aliphatic rings. The second-order valence-corrected chi connectivity index (χ2v) is 18.1. The zero-order valence-electron chi connectivity index (χ0n) is 38.9. The van der Waals surface area contributed by atoms with Crippen molar-refractivity contribution in [3.05, 3.63) is 233 Å². The molecular weight excluding hydrogens is 961 g/mol. The molecule has 4 heterocycles. The van der Waals surface area contributed by atoms with Crippen LogP contribution in [0.1, 0.15) is 50.4 Å². The largest absolute Gasteiger partial charge is 0.508 e. The van der Waals surface area contributed by atoms with Crippen molar-refractivity contribution in [1.82, 2.24) is 9.97 Å². The van der Waals surface area contributed by atoms with Crippen molar-refractivity contribution >= 4 is 65.4 Å². The van der Waals surface area contributed by atoms with Crippen molar-refractivity contribution in [2.45, 2.75) is 0 Å². The van der Waals surface area contributed by atoms with Crippen LogP contribution in [0.3, 0.4) is 0 Å². The summed E-state index contributed by atoms with van der Waals surface area (Å²) < 4.78 is 10.2. The lowest BCUT2D eigenvalue weighted by Gasteiger charge is -2.03. The Morgan fingerprint density at radius 2 is 0.750 bits per heavy atom. The molecule has 358 valence electrons. The van der Waals surface area contributed by atoms with E-state index in [0.29, 0.717) is 11.1 Å². The molecule has 0 bridgehead atoms. The van der Waals surface area contributed by atoms with Crippen LogP contribution in [0, 0.1) is 0 Å². The van der Waals surface area contributed by atoms with Crippen molar-refractivity contribution in [2.24, 2.45) is 0 Å². The molecule has 10 rings (SSSR count). The van der Waals surface area contributed by atoms with E-state index in [1.165, 1.54) is 39.4 Å². The SMILES string of the molecule is COc1ccc(-c2ccc(C=O)cc2)cc1.COc1ccc(-c2ccc(C=O)s2)cc1.O=Cc1ccc(-c2ccc(O)cc2)cc1.O=Cc1ccc(-c2cccs2)cc1.O=Cc1ccc(-c2cncnc2)s1. The smallest absolute Gasteiger partial charge is 0.160 e. The van der Waals surface area contributed by atoms with E-state index in [2.05, 4.69) is 16.0 Å². The van der Waals surface area contributed by atoms with E-state index in [4.69, 9.17) is 14.6 Å². The zero-order valence-corrected chi connectivity index (χ0v) is 41.4. The number of thiophene rings is 3. The maximum Gasteiger partial charge on any atom is 0.160 e. The lowest BCUT2D eigenvalue weighted by Crippen LogP contribution is -1.83. The number of benzene rings is 6. The zero-order chi connectivity index (χ0) is 50.9. The molecule has 4 aromatic heterocycles. The van der Waals surface area contributed by atoms with Crippen LogP contribution in [-0.4, -0.2) is 60.7 Å². The number of hydrogen-bond donors (Lipinski definition) is 1. The molecule has 0 spiro atoms. The lowest BCUT2D eigenvalue weighted by atomic mass is 10.0. The monoisotopic (exact) mass is 1010 g/mol. The summed E-state index contributed by atoms with van der Waals surface area (Å²) in [5.41, 5.74) is 9.54. The number of phenolic OH excluding ortho intramolecular Hbond substituents is 1. The van der Waals surface area contributed by atoms with Gasteiger partial charge in [0.15, 0.2) is 12.6 Å². The molecular formula is C59H46N2O8S3. The summed E-state index contributed by atoms with van der Waals surface area (Å²) in [6.45, 7) is 0. The first kappa shape index (κ1) is 52.6. The van der Waals surface area contributed by atoms with Gasteiger partial charge in [0.05, 0.1) is 24.0 Å². The average molecular weight is 1010 g/mol. The predicted molar refractivity (Wildman–Crippen MR) is 290 cm³/mol. The number of phenols is 1. The third kappa shape index (κ3) is 15.9. The topological polar surface area (TPSA) is 150 Å². The molecule has 13 heteroatoms. The maximum absolute atomic E-state index is 10.5. The van der Waals surface area contributed by atoms with Crippen LogP contribution in [0.2, 0.25) is 0 Å². The highest BCUT2D eigenvalue weighted by molar-refractivity contribution is 7.17. The van der Waals surface area contributed by atoms with Crippen molar-refractivity contribution in [1.29, 1.82) is 0 Å². The van der Waals surface area contributed by atoms with Crippen molar-refractivity contribution < 1.29 is 38.6 Å². The lowest BCUT2D eigenvalue weighted by molar-refractivity contribution is 0.111. The summed E-state index contributed by atoms with van der Waals surface area (Å²) in [7, 11) is 3.29. The van der Waals surface area contributed by atoms with Crippen molar-refractivity contribution in [3.8, 4) is 70.8 Å². The molecule has 72 heavy (non-hydrogen) atoms. The summed E-state index contributed by atoms with van der Waals surface area (Å²) in [5, 5.41) is 11.2. The van der Waals surface area contributed by atoms with Gasteiger partial charge in [-0.25, -0.2) is 9.97 Å². The number of carbonyl (C=O) groups is 5. The number of carbonyl (C=O) groups excluding carboxylic acids is 5. The first-order valence-electron chi connectivity index (χ1n) is 21.9. The molecule has 0 amide bonds. The fourth-order valence-electron chi connectivity index (χ4n) is 6.44. The van der Waals surface area contributed by atoms with Crippen LogP contribution < -0.4 is 9.47 Å². The molecule has 0 fully saturated rings. The molecule has 0 aliphatic carbocycles. The number of aromatic hydroxyl groups is 1. The molecule has 0 saturated carbocycles. The van der Waals surface area contributed by atoms with E-state index in [0.717, 1.165) is 101 Å². The third-order valence-corrected chi connectivity index (χ3v) is 13.3. The Balaban J connectivity index is 0.000000147. The minimum absolute atomic E-state index is 0.253. The minimum Gasteiger partial charge on any atom is -0.508 e. The van der Waals surface area contributed by atoms with Gasteiger partial charge in [-0.3, -0.25) is 24.0 Å². The van der Waals surface area contributed by atoms with Crippen LogP contribution in [0.4, 0.5) is 0 Å². The van der Waals surface area contributed by atoms with E-state index in [9.17, 15) is 24.0 Å². The highest BCUT2D eigenvalue weighted by atomic mass is 32.1. The van der Waals surface area contributed by atoms with Gasteiger partial charge in [0.2, 0.25) is 0 Å². The van der Waals surface area contributed by atoms with Crippen molar-refractivity contribution in [3.63, 3.8) is 0 Å². The van der Waals surface area contributed by atoms with Crippen LogP contribution in [0.5, 0.6) is 17.2 Å². The molecule has 0 radical (unpaired) electrons. The molecule has 0 aliphatic heterocycles. The number of rotatable bonds is 12. The van der Waals surface area contributed by atoms with E-state index in [1.54, 1.807) is 68.3 Å². The number of aldehydes is 5. The predicted octanol–water partition coefficient (Wildman–Crippen LogP) is 14.5. The molecule has 10 nitrogen and oxygen atoms in total. The van der Waals surface area contributed by atoms with Gasteiger partial charge in [-0.2, -0.15) is 0 Å². The Labute approximate surface area is 429 Å². The fraction of sp³-hybridized carbons (Fsp3) is 0.0339. The Kier molecular flexibility index (Phi) is 20.5. The normalized spacial score (nSPS) is 9.86. The number of hydrogen-bond acceptors (Lipinski definition) is 13. The van der Waals surface area contributed by atoms with E-state index < -0.39 is 0 Å². The van der Waals surface area contributed by atoms with Crippen LogP contribution in [0.15, 0.2) is 206 Å². The standard InChI is InChI=1S/C14H12O2.C13H10O2.C12H10O2S.C11H8OS.C9H6N2OS/c1-16-14-8-6-13(7-9-14)12-4-2-11(10-15)3-5-12;14-9-10-1-3-11(4-2-10)12-5-7-13(15)8-6-12;1-14-10-4-2-9(3-5-10)12-7-6-11(8-13)15-12;12-8-9-3-5-10(6-4-9)11-2-1-7-13-11;12-5-8-1-2-9(13-8)7-3-10-6-11-4-7/h2-10H,1H3;1-9,15H;2-8H,1H3;1-8H;1-6H. The Morgan fingerprint density at radius 3 is 1.11 bits per heavy atom. The summed E-state index contributed by atoms with van der Waals surface area (Å²) in [5.74, 6) is 1.93. The summed E-state index contributed by atoms with van der Waals surface area (Å²) >= 11 is 4.63. The van der Waals surface area contributed by atoms with Crippen LogP contribution >= 0.6 is 34.0 Å². The van der Waals surface area contributed by atoms with E-state index in [-0.39, 0.29) is 5.75 Å². The Hall–Kier alpha value is -8.75. The summed E-state index contributed by atoms with van der Waals surface area (Å²) in [6, 6.07) is 56.6. The molecule has 1 N–H and O–H groups in total. The summed E-state index contributed by atoms with van der Waals surface area (Å²) in [6.07, 6.45) is 9.19. The van der Waals surface area contributed by atoms with Gasteiger partial charge < -0.3 is 14.6 Å². The van der Waals surface area contributed by atoms with Gasteiger partial charge >= 0.3 is 0 Å². The van der Waals surface area contributed by atoms with Gasteiger partial charge in [-0.1, -0.05) is 103 Å². The number of nitrogens with zero attached hydrogens (tertiary/aromatic N) is 2. The Bertz CT molecular complexity index is 3210. The van der Waals surface area contributed by atoms with Crippen molar-refractivity contribution in [2.75, 3.05) is 14.2 Å². The fourth-order valence-corrected chi connectivity index (χ4v) is 8.80. The van der Waals surface area contributed by atoms with E-state index in [1.807, 2.05) is 151 Å². The number of methoxy groups -OCH3 is 2. The molecule has 6 aromatic carbocycles. The minimum atomic E-state index is 0.253. The number of ether oxygens (including phenoxy) is 2. The Morgan fingerprint density at radius 1 is 0.389 bits per heavy atom. The number of aromatic nitrogens is 2. The van der Waals surface area contributed by atoms with Gasteiger partial charge in [-0.15, -0.1) is 34.0 Å². The first-order chi connectivity index (χ1) is 35.2. The second-order valence-electron chi connectivity index (χ2n) is 15.0. The first-order valence-corrected chi connectivity index (χ1v) is 24.4. The van der Waals surface area contributed by atoms with Gasteiger partial charge in [0.1, 0.15) is 42.4 Å². The van der Waals surface area contributed by atoms with Gasteiger partial charge in [-0.05, 0) is 118 Å². The molecule has 0 saturated heterocycles. The summed E-state index contributed by atoms with van der Waals surface area (Å²) in [4.78, 5) is 65.0. The molecule has 10 aromatic rings. The van der Waals surface area contributed by atoms with Gasteiger partial charge in [0.25, 0.3) is 0 Å². The highest BCUT2D eigenvalue weighted by Gasteiger charge is 2.04. The van der Waals surface area contributed by atoms with E-state index >= 15 is 0 Å². The van der Waals surface area contributed by atoms with Crippen LogP contribution in [0.25, 0.3) is 53.6 Å². The van der Waals surface area contributed by atoms with Gasteiger partial charge in [0, 0.05) is 49.3 Å². The average Bonchev–Trinajstić information content (AvgIpc) is 4.29. The third-order valence-electron chi connectivity index (χ3n) is 10.3.